The van der Waals surface area contributed by atoms with Gasteiger partial charge in [0.2, 0.25) is 0 Å². The molecule has 0 aromatic heterocycles. The van der Waals surface area contributed by atoms with Gasteiger partial charge in [0.05, 0.1) is 5.92 Å². The minimum atomic E-state index is -0.622. The molecule has 0 radical (unpaired) electrons. The van der Waals surface area contributed by atoms with Gasteiger partial charge in [-0.05, 0) is 29.9 Å². The highest BCUT2D eigenvalue weighted by Crippen LogP contribution is 2.54. The average molecular weight is 188 g/mol. The minimum absolute atomic E-state index is 0.122. The SMILES string of the molecule is O=C(O)C1CC2Cc3ccccc3C21. The Kier molecular flexibility index (Phi) is 1.49. The summed E-state index contributed by atoms with van der Waals surface area (Å²) < 4.78 is 0. The first-order valence-electron chi connectivity index (χ1n) is 5.08. The second kappa shape index (κ2) is 2.59. The van der Waals surface area contributed by atoms with Crippen LogP contribution in [0.2, 0.25) is 0 Å². The molecule has 2 aliphatic carbocycles. The molecule has 3 unspecified atom stereocenters. The van der Waals surface area contributed by atoms with Crippen LogP contribution in [0.3, 0.4) is 0 Å². The summed E-state index contributed by atoms with van der Waals surface area (Å²) in [6.07, 6.45) is 1.96. The highest BCUT2D eigenvalue weighted by atomic mass is 16.4. The van der Waals surface area contributed by atoms with Crippen LogP contribution >= 0.6 is 0 Å². The van der Waals surface area contributed by atoms with E-state index in [4.69, 9.17) is 5.11 Å². The van der Waals surface area contributed by atoms with Crippen molar-refractivity contribution in [1.29, 1.82) is 0 Å². The van der Waals surface area contributed by atoms with Crippen LogP contribution in [-0.4, -0.2) is 11.1 Å². The lowest BCUT2D eigenvalue weighted by atomic mass is 9.65. The van der Waals surface area contributed by atoms with Gasteiger partial charge in [0.15, 0.2) is 0 Å². The minimum Gasteiger partial charge on any atom is -0.481 e. The second-order valence-corrected chi connectivity index (χ2v) is 4.37. The van der Waals surface area contributed by atoms with Crippen molar-refractivity contribution >= 4 is 5.97 Å². The maximum absolute atomic E-state index is 10.9. The summed E-state index contributed by atoms with van der Waals surface area (Å²) in [5.41, 5.74) is 2.66. The third kappa shape index (κ3) is 0.884. The summed E-state index contributed by atoms with van der Waals surface area (Å²) in [6, 6.07) is 8.28. The predicted molar refractivity (Wildman–Crippen MR) is 52.1 cm³/mol. The van der Waals surface area contributed by atoms with Crippen LogP contribution in [0.4, 0.5) is 0 Å². The van der Waals surface area contributed by atoms with Gasteiger partial charge in [-0.2, -0.15) is 0 Å². The Morgan fingerprint density at radius 1 is 1.36 bits per heavy atom. The molecular weight excluding hydrogens is 176 g/mol. The van der Waals surface area contributed by atoms with Crippen LogP contribution in [0.1, 0.15) is 23.5 Å². The van der Waals surface area contributed by atoms with E-state index in [9.17, 15) is 4.79 Å². The van der Waals surface area contributed by atoms with Crippen LogP contribution in [0.5, 0.6) is 0 Å². The molecule has 3 rings (SSSR count). The molecule has 72 valence electrons. The standard InChI is InChI=1S/C12H12O2/c13-12(14)10-6-8-5-7-3-1-2-4-9(7)11(8)10/h1-4,8,10-11H,5-6H2,(H,13,14). The first kappa shape index (κ1) is 8.04. The predicted octanol–water partition coefficient (Wildman–Crippen LogP) is 2.05. The number of benzene rings is 1. The van der Waals surface area contributed by atoms with E-state index < -0.39 is 5.97 Å². The Morgan fingerprint density at radius 2 is 2.14 bits per heavy atom. The molecule has 14 heavy (non-hydrogen) atoms. The molecule has 0 spiro atoms. The van der Waals surface area contributed by atoms with Crippen LogP contribution < -0.4 is 0 Å². The van der Waals surface area contributed by atoms with Crippen molar-refractivity contribution in [2.24, 2.45) is 11.8 Å². The van der Waals surface area contributed by atoms with Crippen molar-refractivity contribution in [3.8, 4) is 0 Å². The van der Waals surface area contributed by atoms with E-state index in [1.807, 2.05) is 12.1 Å². The average Bonchev–Trinajstić information content (AvgIpc) is 2.38. The van der Waals surface area contributed by atoms with Gasteiger partial charge in [0.25, 0.3) is 0 Å². The fourth-order valence-electron chi connectivity index (χ4n) is 3.02. The van der Waals surface area contributed by atoms with E-state index in [0.29, 0.717) is 11.8 Å². The number of carboxylic acids is 1. The number of aliphatic carboxylic acids is 1. The molecule has 2 heteroatoms. The topological polar surface area (TPSA) is 37.3 Å². The molecule has 0 bridgehead atoms. The Bertz CT molecular complexity index is 397. The maximum Gasteiger partial charge on any atom is 0.307 e. The Labute approximate surface area is 82.6 Å². The summed E-state index contributed by atoms with van der Waals surface area (Å²) in [6.45, 7) is 0. The lowest BCUT2D eigenvalue weighted by Crippen LogP contribution is -2.37. The number of carbonyl (C=O) groups is 1. The van der Waals surface area contributed by atoms with Crippen molar-refractivity contribution < 1.29 is 9.90 Å². The fourth-order valence-corrected chi connectivity index (χ4v) is 3.02. The molecule has 1 aromatic carbocycles. The third-order valence-electron chi connectivity index (χ3n) is 3.71. The van der Waals surface area contributed by atoms with E-state index in [1.165, 1.54) is 11.1 Å². The van der Waals surface area contributed by atoms with Gasteiger partial charge in [0.1, 0.15) is 0 Å². The molecule has 0 heterocycles. The number of fused-ring (bicyclic) bond motifs is 3. The van der Waals surface area contributed by atoms with Crippen LogP contribution in [0.15, 0.2) is 24.3 Å². The molecule has 0 amide bonds. The quantitative estimate of drug-likeness (QED) is 0.732. The van der Waals surface area contributed by atoms with Gasteiger partial charge in [0, 0.05) is 5.92 Å². The third-order valence-corrected chi connectivity index (χ3v) is 3.71. The Morgan fingerprint density at radius 3 is 2.93 bits per heavy atom. The molecule has 1 N–H and O–H groups in total. The second-order valence-electron chi connectivity index (χ2n) is 4.37. The van der Waals surface area contributed by atoms with Gasteiger partial charge in [-0.1, -0.05) is 24.3 Å². The lowest BCUT2D eigenvalue weighted by Gasteiger charge is -2.37. The molecule has 1 saturated carbocycles. The van der Waals surface area contributed by atoms with Crippen LogP contribution in [0.25, 0.3) is 0 Å². The highest BCUT2D eigenvalue weighted by molar-refractivity contribution is 5.73. The number of carboxylic acid groups (broad SMARTS) is 1. The summed E-state index contributed by atoms with van der Waals surface area (Å²) in [4.78, 5) is 10.9. The van der Waals surface area contributed by atoms with E-state index in [0.717, 1.165) is 12.8 Å². The Balaban J connectivity index is 1.99. The number of hydrogen-bond donors (Lipinski definition) is 1. The first-order valence-corrected chi connectivity index (χ1v) is 5.08. The van der Waals surface area contributed by atoms with Gasteiger partial charge in [-0.3, -0.25) is 4.79 Å². The highest BCUT2D eigenvalue weighted by Gasteiger charge is 2.50. The van der Waals surface area contributed by atoms with Gasteiger partial charge in [-0.15, -0.1) is 0 Å². The molecule has 0 aliphatic heterocycles. The Hall–Kier alpha value is -1.31. The van der Waals surface area contributed by atoms with E-state index in [-0.39, 0.29) is 5.92 Å². The van der Waals surface area contributed by atoms with Gasteiger partial charge >= 0.3 is 5.97 Å². The summed E-state index contributed by atoms with van der Waals surface area (Å²) in [5.74, 6) is 0.170. The zero-order valence-corrected chi connectivity index (χ0v) is 7.81. The molecule has 0 saturated heterocycles. The molecular formula is C12H12O2. The van der Waals surface area contributed by atoms with Crippen LogP contribution in [0, 0.1) is 11.8 Å². The molecule has 1 aromatic rings. The fraction of sp³-hybridized carbons (Fsp3) is 0.417. The molecule has 3 atom stereocenters. The van der Waals surface area contributed by atoms with E-state index in [1.54, 1.807) is 0 Å². The monoisotopic (exact) mass is 188 g/mol. The van der Waals surface area contributed by atoms with Crippen LogP contribution in [-0.2, 0) is 11.2 Å². The van der Waals surface area contributed by atoms with E-state index in [2.05, 4.69) is 12.1 Å². The largest absolute Gasteiger partial charge is 0.481 e. The van der Waals surface area contributed by atoms with Crippen molar-refractivity contribution in [1.82, 2.24) is 0 Å². The summed E-state index contributed by atoms with van der Waals surface area (Å²) in [7, 11) is 0. The zero-order valence-electron chi connectivity index (χ0n) is 7.81. The van der Waals surface area contributed by atoms with Crippen molar-refractivity contribution in [3.05, 3.63) is 35.4 Å². The van der Waals surface area contributed by atoms with Crippen molar-refractivity contribution in [2.45, 2.75) is 18.8 Å². The molecule has 1 fully saturated rings. The molecule has 2 nitrogen and oxygen atoms in total. The van der Waals surface area contributed by atoms with Gasteiger partial charge in [-0.25, -0.2) is 0 Å². The number of hydrogen-bond acceptors (Lipinski definition) is 1. The van der Waals surface area contributed by atoms with Crippen molar-refractivity contribution in [3.63, 3.8) is 0 Å². The maximum atomic E-state index is 10.9. The zero-order chi connectivity index (χ0) is 9.71. The lowest BCUT2D eigenvalue weighted by molar-refractivity contribution is -0.147. The molecule has 2 aliphatic rings. The first-order chi connectivity index (χ1) is 6.77. The van der Waals surface area contributed by atoms with E-state index >= 15 is 0 Å². The normalized spacial score (nSPS) is 33.0. The van der Waals surface area contributed by atoms with Crippen molar-refractivity contribution in [2.75, 3.05) is 0 Å². The number of rotatable bonds is 1. The summed E-state index contributed by atoms with van der Waals surface area (Å²) >= 11 is 0. The summed E-state index contributed by atoms with van der Waals surface area (Å²) in [5, 5.41) is 9.01. The smallest absolute Gasteiger partial charge is 0.307 e. The van der Waals surface area contributed by atoms with Gasteiger partial charge < -0.3 is 5.11 Å².